The van der Waals surface area contributed by atoms with Crippen LogP contribution in [0.1, 0.15) is 24.8 Å². The summed E-state index contributed by atoms with van der Waals surface area (Å²) in [7, 11) is 0. The van der Waals surface area contributed by atoms with Crippen molar-refractivity contribution in [2.75, 3.05) is 0 Å². The van der Waals surface area contributed by atoms with E-state index < -0.39 is 0 Å². The molecule has 14 heavy (non-hydrogen) atoms. The highest BCUT2D eigenvalue weighted by molar-refractivity contribution is 5.23. The van der Waals surface area contributed by atoms with E-state index in [9.17, 15) is 5.11 Å². The van der Waals surface area contributed by atoms with Crippen LogP contribution in [0.2, 0.25) is 0 Å². The second-order valence-corrected chi connectivity index (χ2v) is 4.67. The van der Waals surface area contributed by atoms with Crippen molar-refractivity contribution < 1.29 is 5.11 Å². The molecule has 2 fully saturated rings. The first-order valence-corrected chi connectivity index (χ1v) is 5.42. The number of pyridine rings is 1. The summed E-state index contributed by atoms with van der Waals surface area (Å²) in [5.74, 6) is 1.19. The van der Waals surface area contributed by atoms with E-state index in [2.05, 4.69) is 4.98 Å². The third-order valence-electron chi connectivity index (χ3n) is 3.93. The SMILES string of the molecule is OC1(Cc2ccncc2)C2CCCC21. The van der Waals surface area contributed by atoms with E-state index in [4.69, 9.17) is 0 Å². The van der Waals surface area contributed by atoms with Gasteiger partial charge in [-0.25, -0.2) is 0 Å². The molecule has 0 aromatic carbocycles. The van der Waals surface area contributed by atoms with Crippen LogP contribution in [0.5, 0.6) is 0 Å². The first-order valence-electron chi connectivity index (χ1n) is 5.42. The van der Waals surface area contributed by atoms with Crippen LogP contribution >= 0.6 is 0 Å². The van der Waals surface area contributed by atoms with E-state index >= 15 is 0 Å². The summed E-state index contributed by atoms with van der Waals surface area (Å²) in [5.41, 5.74) is 0.858. The zero-order valence-corrected chi connectivity index (χ0v) is 8.19. The van der Waals surface area contributed by atoms with Gasteiger partial charge in [-0.15, -0.1) is 0 Å². The highest BCUT2D eigenvalue weighted by Crippen LogP contribution is 2.61. The zero-order valence-electron chi connectivity index (χ0n) is 8.19. The lowest BCUT2D eigenvalue weighted by Crippen LogP contribution is -2.19. The fraction of sp³-hybridized carbons (Fsp3) is 0.583. The second-order valence-electron chi connectivity index (χ2n) is 4.67. The van der Waals surface area contributed by atoms with Gasteiger partial charge in [0.15, 0.2) is 0 Å². The summed E-state index contributed by atoms with van der Waals surface area (Å²) in [5, 5.41) is 10.3. The van der Waals surface area contributed by atoms with Gasteiger partial charge in [-0.2, -0.15) is 0 Å². The summed E-state index contributed by atoms with van der Waals surface area (Å²) in [6.45, 7) is 0. The van der Waals surface area contributed by atoms with E-state index in [0.717, 1.165) is 6.42 Å². The van der Waals surface area contributed by atoms with Crippen molar-refractivity contribution in [3.05, 3.63) is 30.1 Å². The summed E-state index contributed by atoms with van der Waals surface area (Å²) in [6, 6.07) is 4.01. The van der Waals surface area contributed by atoms with Crippen LogP contribution in [-0.2, 0) is 6.42 Å². The van der Waals surface area contributed by atoms with Crippen molar-refractivity contribution in [3.8, 4) is 0 Å². The molecule has 2 unspecified atom stereocenters. The minimum atomic E-state index is -0.362. The molecule has 74 valence electrons. The number of hydrogen-bond donors (Lipinski definition) is 1. The molecule has 0 spiro atoms. The quantitative estimate of drug-likeness (QED) is 0.769. The molecule has 0 radical (unpaired) electrons. The summed E-state index contributed by atoms with van der Waals surface area (Å²) >= 11 is 0. The lowest BCUT2D eigenvalue weighted by Gasteiger charge is -2.13. The average molecular weight is 189 g/mol. The summed E-state index contributed by atoms with van der Waals surface area (Å²) < 4.78 is 0. The molecule has 1 heterocycles. The summed E-state index contributed by atoms with van der Waals surface area (Å²) in [6.07, 6.45) is 8.20. The lowest BCUT2D eigenvalue weighted by atomic mass is 10.0. The molecule has 0 amide bonds. The van der Waals surface area contributed by atoms with E-state index in [1.54, 1.807) is 12.4 Å². The first kappa shape index (κ1) is 8.42. The van der Waals surface area contributed by atoms with Crippen LogP contribution in [-0.4, -0.2) is 15.7 Å². The first-order chi connectivity index (χ1) is 6.81. The Morgan fingerprint density at radius 3 is 2.57 bits per heavy atom. The molecule has 2 heteroatoms. The van der Waals surface area contributed by atoms with Gasteiger partial charge < -0.3 is 5.11 Å². The molecule has 0 aliphatic heterocycles. The Balaban J connectivity index is 1.75. The number of fused-ring (bicyclic) bond motifs is 1. The van der Waals surface area contributed by atoms with Crippen molar-refractivity contribution in [1.29, 1.82) is 0 Å². The van der Waals surface area contributed by atoms with E-state index in [-0.39, 0.29) is 5.60 Å². The van der Waals surface area contributed by atoms with Gasteiger partial charge in [-0.05, 0) is 42.4 Å². The Morgan fingerprint density at radius 2 is 1.93 bits per heavy atom. The highest BCUT2D eigenvalue weighted by Gasteiger charge is 2.64. The Morgan fingerprint density at radius 1 is 1.29 bits per heavy atom. The largest absolute Gasteiger partial charge is 0.389 e. The number of aliphatic hydroxyl groups is 1. The minimum absolute atomic E-state index is 0.362. The Kier molecular flexibility index (Phi) is 1.68. The number of hydrogen-bond acceptors (Lipinski definition) is 2. The predicted molar refractivity (Wildman–Crippen MR) is 53.7 cm³/mol. The third kappa shape index (κ3) is 1.10. The third-order valence-corrected chi connectivity index (χ3v) is 3.93. The van der Waals surface area contributed by atoms with Gasteiger partial charge in [-0.3, -0.25) is 4.98 Å². The normalized spacial score (nSPS) is 39.5. The molecule has 2 nitrogen and oxygen atoms in total. The number of nitrogens with zero attached hydrogens (tertiary/aromatic N) is 1. The Labute approximate surface area is 84.0 Å². The second kappa shape index (κ2) is 2.80. The van der Waals surface area contributed by atoms with Crippen LogP contribution in [0.25, 0.3) is 0 Å². The maximum Gasteiger partial charge on any atom is 0.0751 e. The van der Waals surface area contributed by atoms with Gasteiger partial charge in [0.05, 0.1) is 5.60 Å². The van der Waals surface area contributed by atoms with Gasteiger partial charge in [0.2, 0.25) is 0 Å². The Hall–Kier alpha value is -0.890. The summed E-state index contributed by atoms with van der Waals surface area (Å²) in [4.78, 5) is 3.99. The molecule has 1 N–H and O–H groups in total. The van der Waals surface area contributed by atoms with Crippen molar-refractivity contribution in [2.24, 2.45) is 11.8 Å². The molecule has 2 saturated carbocycles. The van der Waals surface area contributed by atoms with Gasteiger partial charge >= 0.3 is 0 Å². The molecule has 3 rings (SSSR count). The Bertz CT molecular complexity index is 325. The standard InChI is InChI=1S/C12H15NO/c14-12(10-2-1-3-11(10)12)8-9-4-6-13-7-5-9/h4-7,10-11,14H,1-3,8H2. The molecule has 0 bridgehead atoms. The van der Waals surface area contributed by atoms with Crippen LogP contribution < -0.4 is 0 Å². The van der Waals surface area contributed by atoms with E-state index in [1.165, 1.54) is 24.8 Å². The number of rotatable bonds is 2. The molecule has 1 aromatic rings. The van der Waals surface area contributed by atoms with Gasteiger partial charge in [0.1, 0.15) is 0 Å². The monoisotopic (exact) mass is 189 g/mol. The molecule has 0 saturated heterocycles. The van der Waals surface area contributed by atoms with Gasteiger partial charge in [0, 0.05) is 18.8 Å². The molecule has 2 aliphatic carbocycles. The van der Waals surface area contributed by atoms with Crippen molar-refractivity contribution in [3.63, 3.8) is 0 Å². The van der Waals surface area contributed by atoms with Crippen LogP contribution in [0.3, 0.4) is 0 Å². The maximum atomic E-state index is 10.3. The lowest BCUT2D eigenvalue weighted by molar-refractivity contribution is 0.107. The smallest absolute Gasteiger partial charge is 0.0751 e. The minimum Gasteiger partial charge on any atom is -0.389 e. The maximum absolute atomic E-state index is 10.3. The van der Waals surface area contributed by atoms with Crippen LogP contribution in [0.15, 0.2) is 24.5 Å². The van der Waals surface area contributed by atoms with Crippen molar-refractivity contribution in [1.82, 2.24) is 4.98 Å². The molecule has 2 aliphatic rings. The van der Waals surface area contributed by atoms with Crippen molar-refractivity contribution >= 4 is 0 Å². The van der Waals surface area contributed by atoms with Gasteiger partial charge in [0.25, 0.3) is 0 Å². The highest BCUT2D eigenvalue weighted by atomic mass is 16.3. The van der Waals surface area contributed by atoms with E-state index in [1.807, 2.05) is 12.1 Å². The van der Waals surface area contributed by atoms with E-state index in [0.29, 0.717) is 11.8 Å². The molecule has 2 atom stereocenters. The van der Waals surface area contributed by atoms with Crippen LogP contribution in [0.4, 0.5) is 0 Å². The van der Waals surface area contributed by atoms with Crippen LogP contribution in [0, 0.1) is 11.8 Å². The topological polar surface area (TPSA) is 33.1 Å². The number of aromatic nitrogens is 1. The molecular formula is C12H15NO. The molecular weight excluding hydrogens is 174 g/mol. The van der Waals surface area contributed by atoms with Gasteiger partial charge in [-0.1, -0.05) is 6.42 Å². The average Bonchev–Trinajstić information content (AvgIpc) is 2.64. The van der Waals surface area contributed by atoms with Crippen molar-refractivity contribution in [2.45, 2.75) is 31.3 Å². The fourth-order valence-electron chi connectivity index (χ4n) is 3.14. The zero-order chi connectivity index (χ0) is 9.60. The predicted octanol–water partition coefficient (Wildman–Crippen LogP) is 1.79. The fourth-order valence-corrected chi connectivity index (χ4v) is 3.14. The molecule has 1 aromatic heterocycles.